The van der Waals surface area contributed by atoms with E-state index in [0.29, 0.717) is 44.9 Å². The van der Waals surface area contributed by atoms with E-state index in [4.69, 9.17) is 9.15 Å². The number of furan rings is 2. The molecule has 5 heteroatoms. The smallest absolute Gasteiger partial charge is 0.202 e. The summed E-state index contributed by atoms with van der Waals surface area (Å²) in [6, 6.07) is 16.7. The van der Waals surface area contributed by atoms with Crippen LogP contribution in [0.1, 0.15) is 34.0 Å². The van der Waals surface area contributed by atoms with Crippen molar-refractivity contribution in [1.29, 1.82) is 0 Å². The number of halogens is 1. The van der Waals surface area contributed by atoms with E-state index >= 15 is 0 Å². The second kappa shape index (κ2) is 6.24. The summed E-state index contributed by atoms with van der Waals surface area (Å²) in [5, 5.41) is 10.8. The second-order valence-electron chi connectivity index (χ2n) is 6.70. The molecule has 0 saturated carbocycles. The van der Waals surface area contributed by atoms with Gasteiger partial charge in [-0.15, -0.1) is 0 Å². The van der Waals surface area contributed by atoms with Crippen molar-refractivity contribution in [3.05, 3.63) is 81.3 Å². The lowest BCUT2D eigenvalue weighted by Gasteiger charge is -2.13. The molecule has 2 aromatic heterocycles. The zero-order valence-corrected chi connectivity index (χ0v) is 16.5. The predicted molar refractivity (Wildman–Crippen MR) is 111 cm³/mol. The summed E-state index contributed by atoms with van der Waals surface area (Å²) in [7, 11) is 0. The van der Waals surface area contributed by atoms with Gasteiger partial charge in [0.25, 0.3) is 0 Å². The van der Waals surface area contributed by atoms with E-state index in [2.05, 4.69) is 15.9 Å². The van der Waals surface area contributed by atoms with E-state index in [0.717, 1.165) is 16.5 Å². The van der Waals surface area contributed by atoms with Crippen molar-refractivity contribution in [1.82, 2.24) is 0 Å². The minimum Gasteiger partial charge on any atom is -0.506 e. The van der Waals surface area contributed by atoms with Crippen molar-refractivity contribution < 1.29 is 19.1 Å². The van der Waals surface area contributed by atoms with Gasteiger partial charge in [-0.2, -0.15) is 0 Å². The fourth-order valence-corrected chi connectivity index (χ4v) is 3.98. The van der Waals surface area contributed by atoms with Crippen LogP contribution in [-0.2, 0) is 6.42 Å². The standard InChI is InChI=1S/C23H15BrO4/c1-2-12-3-6-15(27-14-7-4-13(24)5-8-14)11-16(12)19-22(25)20-17-9-10-18(28-17)21(20)23(19)26/h3-11,25H,2H2,1H3. The molecule has 4 aromatic rings. The number of allylic oxidation sites excluding steroid dienone is 1. The number of aliphatic hydroxyl groups excluding tert-OH is 1. The van der Waals surface area contributed by atoms with E-state index in [1.807, 2.05) is 49.4 Å². The van der Waals surface area contributed by atoms with Gasteiger partial charge < -0.3 is 14.3 Å². The number of ether oxygens (including phenoxy) is 1. The lowest BCUT2D eigenvalue weighted by molar-refractivity contribution is 0.106. The number of ketones is 1. The molecule has 5 rings (SSSR count). The van der Waals surface area contributed by atoms with Crippen LogP contribution in [0.15, 0.2) is 63.5 Å². The number of aryl methyl sites for hydroxylation is 1. The number of aliphatic hydroxyl groups is 1. The van der Waals surface area contributed by atoms with Crippen LogP contribution in [-0.4, -0.2) is 10.9 Å². The molecule has 2 aromatic carbocycles. The predicted octanol–water partition coefficient (Wildman–Crippen LogP) is 6.61. The summed E-state index contributed by atoms with van der Waals surface area (Å²) in [5.41, 5.74) is 3.96. The van der Waals surface area contributed by atoms with Gasteiger partial charge >= 0.3 is 0 Å². The highest BCUT2D eigenvalue weighted by molar-refractivity contribution is 9.10. The molecule has 0 unspecified atom stereocenters. The van der Waals surface area contributed by atoms with Crippen molar-refractivity contribution in [2.75, 3.05) is 0 Å². The first-order chi connectivity index (χ1) is 13.6. The van der Waals surface area contributed by atoms with Crippen molar-refractivity contribution >= 4 is 44.2 Å². The summed E-state index contributed by atoms with van der Waals surface area (Å²) >= 11 is 3.41. The highest BCUT2D eigenvalue weighted by Crippen LogP contribution is 2.45. The molecular formula is C23H15BrO4. The molecule has 0 atom stereocenters. The Hall–Kier alpha value is -3.05. The van der Waals surface area contributed by atoms with Gasteiger partial charge in [0.15, 0.2) is 0 Å². The maximum atomic E-state index is 13.1. The van der Waals surface area contributed by atoms with E-state index in [1.165, 1.54) is 0 Å². The van der Waals surface area contributed by atoms with Crippen LogP contribution in [0.25, 0.3) is 22.5 Å². The van der Waals surface area contributed by atoms with Crippen molar-refractivity contribution in [3.63, 3.8) is 0 Å². The van der Waals surface area contributed by atoms with Crippen LogP contribution in [0.4, 0.5) is 0 Å². The Balaban J connectivity index is 1.60. The summed E-state index contributed by atoms with van der Waals surface area (Å²) < 4.78 is 12.5. The quantitative estimate of drug-likeness (QED) is 0.392. The number of fused-ring (bicyclic) bond motifs is 5. The normalized spacial score (nSPS) is 13.6. The molecule has 1 aliphatic rings. The molecule has 0 saturated heterocycles. The lowest BCUT2D eigenvalue weighted by Crippen LogP contribution is -2.02. The van der Waals surface area contributed by atoms with Gasteiger partial charge in [0.05, 0.1) is 16.7 Å². The molecule has 1 aliphatic carbocycles. The molecule has 0 radical (unpaired) electrons. The average molecular weight is 435 g/mol. The van der Waals surface area contributed by atoms with Gasteiger partial charge in [0.2, 0.25) is 5.78 Å². The van der Waals surface area contributed by atoms with Gasteiger partial charge in [-0.05, 0) is 66.1 Å². The third kappa shape index (κ3) is 2.47. The summed E-state index contributed by atoms with van der Waals surface area (Å²) in [6.45, 7) is 2.02. The first kappa shape index (κ1) is 17.1. The number of benzene rings is 3. The van der Waals surface area contributed by atoms with Gasteiger partial charge in [-0.3, -0.25) is 4.79 Å². The number of rotatable bonds is 4. The molecule has 0 spiro atoms. The minimum atomic E-state index is -0.211. The fourth-order valence-electron chi connectivity index (χ4n) is 3.72. The first-order valence-corrected chi connectivity index (χ1v) is 9.76. The van der Waals surface area contributed by atoms with Crippen LogP contribution in [0.2, 0.25) is 0 Å². The van der Waals surface area contributed by atoms with E-state index in [1.54, 1.807) is 12.1 Å². The summed E-state index contributed by atoms with van der Waals surface area (Å²) in [4.78, 5) is 13.1. The van der Waals surface area contributed by atoms with Crippen LogP contribution in [0, 0.1) is 0 Å². The second-order valence-corrected chi connectivity index (χ2v) is 7.61. The summed E-state index contributed by atoms with van der Waals surface area (Å²) in [6.07, 6.45) is 0.727. The average Bonchev–Trinajstić information content (AvgIpc) is 3.37. The molecule has 138 valence electrons. The Morgan fingerprint density at radius 2 is 1.64 bits per heavy atom. The molecular weight excluding hydrogens is 420 g/mol. The first-order valence-electron chi connectivity index (χ1n) is 8.96. The van der Waals surface area contributed by atoms with Crippen molar-refractivity contribution in [3.8, 4) is 11.5 Å². The third-order valence-corrected chi connectivity index (χ3v) is 5.59. The maximum Gasteiger partial charge on any atom is 0.202 e. The van der Waals surface area contributed by atoms with Gasteiger partial charge in [-0.1, -0.05) is 28.9 Å². The van der Waals surface area contributed by atoms with Crippen LogP contribution >= 0.6 is 15.9 Å². The Bertz CT molecular complexity index is 1250. The zero-order valence-electron chi connectivity index (χ0n) is 15.0. The highest BCUT2D eigenvalue weighted by atomic mass is 79.9. The Morgan fingerprint density at radius 3 is 2.32 bits per heavy atom. The van der Waals surface area contributed by atoms with Gasteiger partial charge in [-0.25, -0.2) is 0 Å². The Labute approximate surface area is 169 Å². The molecule has 0 amide bonds. The lowest BCUT2D eigenvalue weighted by atomic mass is 9.95. The summed E-state index contributed by atoms with van der Waals surface area (Å²) in [5.74, 6) is 1.06. The topological polar surface area (TPSA) is 59.7 Å². The molecule has 4 nitrogen and oxygen atoms in total. The van der Waals surface area contributed by atoms with E-state index in [-0.39, 0.29) is 11.5 Å². The molecule has 1 N–H and O–H groups in total. The SMILES string of the molecule is CCc1ccc(Oc2ccc(Br)cc2)cc1C1=C(O)c2c(c3ccc2o3)C1=O. The number of hydrogen-bond acceptors (Lipinski definition) is 4. The van der Waals surface area contributed by atoms with Crippen LogP contribution in [0.5, 0.6) is 11.5 Å². The maximum absolute atomic E-state index is 13.1. The van der Waals surface area contributed by atoms with E-state index < -0.39 is 0 Å². The number of carbonyl (C=O) groups excluding carboxylic acids is 1. The number of carbonyl (C=O) groups is 1. The van der Waals surface area contributed by atoms with Crippen LogP contribution in [0.3, 0.4) is 0 Å². The molecule has 28 heavy (non-hydrogen) atoms. The van der Waals surface area contributed by atoms with Crippen molar-refractivity contribution in [2.24, 2.45) is 0 Å². The molecule has 0 aliphatic heterocycles. The Morgan fingerprint density at radius 1 is 0.964 bits per heavy atom. The number of Topliss-reactive ketones (excluding diaryl/α,β-unsaturated/α-hetero) is 1. The minimum absolute atomic E-state index is 0.0233. The molecule has 2 heterocycles. The number of hydrogen-bond donors (Lipinski definition) is 1. The van der Waals surface area contributed by atoms with Gasteiger partial charge in [0, 0.05) is 4.47 Å². The van der Waals surface area contributed by atoms with E-state index in [9.17, 15) is 9.90 Å². The monoisotopic (exact) mass is 434 g/mol. The van der Waals surface area contributed by atoms with Gasteiger partial charge in [0.1, 0.15) is 28.4 Å². The zero-order chi connectivity index (χ0) is 19.4. The van der Waals surface area contributed by atoms with Crippen molar-refractivity contribution in [2.45, 2.75) is 13.3 Å². The molecule has 0 fully saturated rings. The Kier molecular flexibility index (Phi) is 3.81. The highest BCUT2D eigenvalue weighted by Gasteiger charge is 2.37. The fraction of sp³-hybridized carbons (Fsp3) is 0.0870. The molecule has 2 bridgehead atoms. The van der Waals surface area contributed by atoms with Crippen LogP contribution < -0.4 is 4.74 Å². The third-order valence-electron chi connectivity index (χ3n) is 5.06. The largest absolute Gasteiger partial charge is 0.506 e.